The molecule has 1 unspecified atom stereocenters. The Bertz CT molecular complexity index is 530. The second-order valence-electron chi connectivity index (χ2n) is 4.58. The van der Waals surface area contributed by atoms with Crippen molar-refractivity contribution in [3.63, 3.8) is 0 Å². The van der Waals surface area contributed by atoms with Crippen molar-refractivity contribution in [2.45, 2.75) is 12.5 Å². The molecule has 21 heavy (non-hydrogen) atoms. The van der Waals surface area contributed by atoms with Crippen LogP contribution in [0.25, 0.3) is 0 Å². The quantitative estimate of drug-likeness (QED) is 0.794. The van der Waals surface area contributed by atoms with Crippen LogP contribution in [0.4, 0.5) is 0 Å². The van der Waals surface area contributed by atoms with Gasteiger partial charge in [0, 0.05) is 16.6 Å². The van der Waals surface area contributed by atoms with Crippen LogP contribution in [0.2, 0.25) is 10.0 Å². The van der Waals surface area contributed by atoms with Gasteiger partial charge in [0.15, 0.2) is 6.04 Å². The monoisotopic (exact) mass is 331 g/mol. The molecule has 0 N–H and O–H groups in total. The van der Waals surface area contributed by atoms with E-state index in [4.69, 9.17) is 32.7 Å². The van der Waals surface area contributed by atoms with Gasteiger partial charge in [0.05, 0.1) is 26.7 Å². The predicted octanol–water partition coefficient (Wildman–Crippen LogP) is 1.94. The van der Waals surface area contributed by atoms with Gasteiger partial charge in [0.2, 0.25) is 5.91 Å². The zero-order valence-corrected chi connectivity index (χ0v) is 13.0. The molecule has 1 aliphatic heterocycles. The number of ether oxygens (including phenoxy) is 2. The molecule has 0 aliphatic carbocycles. The second-order valence-corrected chi connectivity index (χ2v) is 5.39. The zero-order valence-electron chi connectivity index (χ0n) is 11.5. The highest BCUT2D eigenvalue weighted by Gasteiger charge is 2.33. The normalized spacial score (nSPS) is 18.4. The number of morpholine rings is 1. The number of halogens is 2. The van der Waals surface area contributed by atoms with Gasteiger partial charge in [-0.25, -0.2) is 4.79 Å². The molecule has 7 heteroatoms. The van der Waals surface area contributed by atoms with Gasteiger partial charge < -0.3 is 14.4 Å². The number of esters is 1. The molecule has 1 heterocycles. The predicted molar refractivity (Wildman–Crippen MR) is 78.5 cm³/mol. The van der Waals surface area contributed by atoms with Gasteiger partial charge in [-0.2, -0.15) is 0 Å². The lowest BCUT2D eigenvalue weighted by Crippen LogP contribution is -2.53. The summed E-state index contributed by atoms with van der Waals surface area (Å²) in [5.74, 6) is -0.725. The lowest BCUT2D eigenvalue weighted by molar-refractivity contribution is -0.160. The van der Waals surface area contributed by atoms with Crippen LogP contribution in [-0.4, -0.2) is 49.7 Å². The van der Waals surface area contributed by atoms with Crippen molar-refractivity contribution in [3.05, 3.63) is 33.8 Å². The van der Waals surface area contributed by atoms with E-state index in [1.54, 1.807) is 18.2 Å². The Morgan fingerprint density at radius 2 is 2.05 bits per heavy atom. The van der Waals surface area contributed by atoms with Crippen LogP contribution < -0.4 is 0 Å². The molecule has 0 spiro atoms. The number of nitrogens with zero attached hydrogens (tertiary/aromatic N) is 1. The summed E-state index contributed by atoms with van der Waals surface area (Å²) in [6.07, 6.45) is 0.0337. The lowest BCUT2D eigenvalue weighted by Gasteiger charge is -2.33. The van der Waals surface area contributed by atoms with E-state index in [0.717, 1.165) is 0 Å². The third kappa shape index (κ3) is 3.67. The zero-order chi connectivity index (χ0) is 15.4. The number of amides is 1. The van der Waals surface area contributed by atoms with Crippen molar-refractivity contribution >= 4 is 35.1 Å². The summed E-state index contributed by atoms with van der Waals surface area (Å²) in [5.41, 5.74) is 0.556. The number of benzene rings is 1. The summed E-state index contributed by atoms with van der Waals surface area (Å²) in [7, 11) is 1.28. The fourth-order valence-electron chi connectivity index (χ4n) is 2.19. The van der Waals surface area contributed by atoms with E-state index in [0.29, 0.717) is 28.8 Å². The molecule has 1 amide bonds. The van der Waals surface area contributed by atoms with Crippen LogP contribution in [-0.2, 0) is 25.5 Å². The first-order valence-electron chi connectivity index (χ1n) is 6.42. The Hall–Kier alpha value is -1.30. The molecule has 0 bridgehead atoms. The summed E-state index contributed by atoms with van der Waals surface area (Å²) >= 11 is 12.1. The van der Waals surface area contributed by atoms with Crippen LogP contribution in [0.1, 0.15) is 5.56 Å². The van der Waals surface area contributed by atoms with E-state index >= 15 is 0 Å². The van der Waals surface area contributed by atoms with Crippen molar-refractivity contribution < 1.29 is 19.1 Å². The van der Waals surface area contributed by atoms with Crippen LogP contribution in [0, 0.1) is 0 Å². The molecule has 0 radical (unpaired) electrons. The minimum atomic E-state index is -0.725. The minimum absolute atomic E-state index is 0.0337. The smallest absolute Gasteiger partial charge is 0.331 e. The third-order valence-corrected chi connectivity index (χ3v) is 4.02. The van der Waals surface area contributed by atoms with Gasteiger partial charge in [-0.1, -0.05) is 29.3 Å². The summed E-state index contributed by atoms with van der Waals surface area (Å²) in [5, 5.41) is 0.859. The Kier molecular flexibility index (Phi) is 5.45. The Balaban J connectivity index is 2.16. The number of carbonyl (C=O) groups is 2. The van der Waals surface area contributed by atoms with Crippen molar-refractivity contribution in [3.8, 4) is 0 Å². The van der Waals surface area contributed by atoms with Gasteiger partial charge >= 0.3 is 5.97 Å². The number of methoxy groups -OCH3 is 1. The molecule has 1 aromatic rings. The van der Waals surface area contributed by atoms with Gasteiger partial charge in [0.1, 0.15) is 0 Å². The molecule has 0 aromatic heterocycles. The minimum Gasteiger partial charge on any atom is -0.467 e. The standard InChI is InChI=1S/C14H15Cl2NO4/c1-20-14(19)12-8-21-6-5-17(12)13(18)7-9-10(15)3-2-4-11(9)16/h2-4,12H,5-8H2,1H3. The van der Waals surface area contributed by atoms with E-state index in [-0.39, 0.29) is 18.9 Å². The molecule has 114 valence electrons. The topological polar surface area (TPSA) is 55.8 Å². The van der Waals surface area contributed by atoms with Gasteiger partial charge in [-0.05, 0) is 17.7 Å². The van der Waals surface area contributed by atoms with Crippen LogP contribution in [0.15, 0.2) is 18.2 Å². The molecule has 1 saturated heterocycles. The largest absolute Gasteiger partial charge is 0.467 e. The Labute approximate surface area is 132 Å². The summed E-state index contributed by atoms with van der Waals surface area (Å²) < 4.78 is 9.94. The Morgan fingerprint density at radius 1 is 1.38 bits per heavy atom. The maximum Gasteiger partial charge on any atom is 0.331 e. The number of hydrogen-bond acceptors (Lipinski definition) is 4. The number of rotatable bonds is 3. The van der Waals surface area contributed by atoms with E-state index in [1.807, 2.05) is 0 Å². The molecule has 1 aliphatic rings. The van der Waals surface area contributed by atoms with Gasteiger partial charge in [0.25, 0.3) is 0 Å². The molecular formula is C14H15Cl2NO4. The highest BCUT2D eigenvalue weighted by molar-refractivity contribution is 6.36. The van der Waals surface area contributed by atoms with E-state index in [9.17, 15) is 9.59 Å². The highest BCUT2D eigenvalue weighted by Crippen LogP contribution is 2.25. The first kappa shape index (κ1) is 16.1. The van der Waals surface area contributed by atoms with Crippen LogP contribution >= 0.6 is 23.2 Å². The maximum absolute atomic E-state index is 12.4. The van der Waals surface area contributed by atoms with E-state index in [1.165, 1.54) is 12.0 Å². The molecular weight excluding hydrogens is 317 g/mol. The third-order valence-electron chi connectivity index (χ3n) is 3.31. The first-order valence-corrected chi connectivity index (χ1v) is 7.18. The molecule has 2 rings (SSSR count). The van der Waals surface area contributed by atoms with Crippen molar-refractivity contribution in [2.24, 2.45) is 0 Å². The number of carbonyl (C=O) groups excluding carboxylic acids is 2. The highest BCUT2D eigenvalue weighted by atomic mass is 35.5. The summed E-state index contributed by atoms with van der Waals surface area (Å²) in [4.78, 5) is 25.6. The molecule has 1 fully saturated rings. The molecule has 1 atom stereocenters. The summed E-state index contributed by atoms with van der Waals surface area (Å²) in [6.45, 7) is 0.852. The fraction of sp³-hybridized carbons (Fsp3) is 0.429. The average Bonchev–Trinajstić information content (AvgIpc) is 2.50. The van der Waals surface area contributed by atoms with E-state index in [2.05, 4.69) is 0 Å². The van der Waals surface area contributed by atoms with Crippen LogP contribution in [0.3, 0.4) is 0 Å². The molecule has 1 aromatic carbocycles. The fourth-order valence-corrected chi connectivity index (χ4v) is 2.72. The van der Waals surface area contributed by atoms with Gasteiger partial charge in [-0.15, -0.1) is 0 Å². The maximum atomic E-state index is 12.4. The van der Waals surface area contributed by atoms with Gasteiger partial charge in [-0.3, -0.25) is 4.79 Å². The van der Waals surface area contributed by atoms with Crippen molar-refractivity contribution in [2.75, 3.05) is 26.9 Å². The second kappa shape index (κ2) is 7.11. The first-order chi connectivity index (χ1) is 10.0. The average molecular weight is 332 g/mol. The lowest BCUT2D eigenvalue weighted by atomic mass is 10.1. The molecule has 0 saturated carbocycles. The van der Waals surface area contributed by atoms with E-state index < -0.39 is 12.0 Å². The van der Waals surface area contributed by atoms with Crippen LogP contribution in [0.5, 0.6) is 0 Å². The van der Waals surface area contributed by atoms with Crippen molar-refractivity contribution in [1.82, 2.24) is 4.90 Å². The van der Waals surface area contributed by atoms with Crippen molar-refractivity contribution in [1.29, 1.82) is 0 Å². The Morgan fingerprint density at radius 3 is 2.67 bits per heavy atom. The number of hydrogen-bond donors (Lipinski definition) is 0. The summed E-state index contributed by atoms with van der Waals surface area (Å²) in [6, 6.07) is 4.34. The SMILES string of the molecule is COC(=O)C1COCCN1C(=O)Cc1c(Cl)cccc1Cl. The molecule has 5 nitrogen and oxygen atoms in total.